The van der Waals surface area contributed by atoms with E-state index in [9.17, 15) is 13.2 Å². The summed E-state index contributed by atoms with van der Waals surface area (Å²) < 4.78 is 32.0. The molecule has 0 bridgehead atoms. The maximum absolute atomic E-state index is 12.7. The Bertz CT molecular complexity index is 696. The average Bonchev–Trinajstić information content (AvgIpc) is 2.66. The molecule has 0 saturated carbocycles. The third-order valence-electron chi connectivity index (χ3n) is 4.71. The van der Waals surface area contributed by atoms with Gasteiger partial charge in [0, 0.05) is 30.7 Å². The van der Waals surface area contributed by atoms with Gasteiger partial charge in [0.25, 0.3) is 5.91 Å². The number of carbonyl (C=O) groups is 1. The number of morpholine rings is 1. The predicted molar refractivity (Wildman–Crippen MR) is 95.9 cm³/mol. The SMILES string of the molecule is CCC(N)(CC)CNC(=O)c1cccc(S(=O)(=O)N2CCOCC2)c1. The van der Waals surface area contributed by atoms with Gasteiger partial charge in [-0.25, -0.2) is 8.42 Å². The second-order valence-electron chi connectivity index (χ2n) is 6.30. The van der Waals surface area contributed by atoms with Gasteiger partial charge in [-0.15, -0.1) is 0 Å². The lowest BCUT2D eigenvalue weighted by atomic mass is 9.94. The van der Waals surface area contributed by atoms with Crippen molar-refractivity contribution in [2.45, 2.75) is 37.1 Å². The largest absolute Gasteiger partial charge is 0.379 e. The van der Waals surface area contributed by atoms with Crippen molar-refractivity contribution < 1.29 is 17.9 Å². The van der Waals surface area contributed by atoms with Crippen LogP contribution >= 0.6 is 0 Å². The van der Waals surface area contributed by atoms with Crippen LogP contribution in [0.25, 0.3) is 0 Å². The van der Waals surface area contributed by atoms with Crippen molar-refractivity contribution in [2.75, 3.05) is 32.8 Å². The maximum Gasteiger partial charge on any atom is 0.251 e. The Hall–Kier alpha value is -1.48. The number of rotatable bonds is 7. The van der Waals surface area contributed by atoms with E-state index in [0.717, 1.165) is 12.8 Å². The Morgan fingerprint density at radius 3 is 2.52 bits per heavy atom. The van der Waals surface area contributed by atoms with Crippen molar-refractivity contribution >= 4 is 15.9 Å². The summed E-state index contributed by atoms with van der Waals surface area (Å²) in [6.45, 7) is 5.70. The molecule has 1 aliphatic rings. The van der Waals surface area contributed by atoms with E-state index in [0.29, 0.717) is 38.4 Å². The molecular formula is C17H27N3O4S. The van der Waals surface area contributed by atoms with Crippen molar-refractivity contribution in [3.63, 3.8) is 0 Å². The van der Waals surface area contributed by atoms with E-state index in [1.54, 1.807) is 12.1 Å². The Balaban J connectivity index is 2.14. The summed E-state index contributed by atoms with van der Waals surface area (Å²) in [6.07, 6.45) is 1.49. The molecule has 0 unspecified atom stereocenters. The lowest BCUT2D eigenvalue weighted by Crippen LogP contribution is -2.49. The lowest BCUT2D eigenvalue weighted by molar-refractivity contribution is 0.0730. The molecule has 0 radical (unpaired) electrons. The van der Waals surface area contributed by atoms with E-state index in [1.165, 1.54) is 16.4 Å². The first kappa shape index (κ1) is 19.8. The second-order valence-corrected chi connectivity index (χ2v) is 8.23. The van der Waals surface area contributed by atoms with Crippen LogP contribution in [0.1, 0.15) is 37.0 Å². The van der Waals surface area contributed by atoms with Gasteiger partial charge in [-0.05, 0) is 31.0 Å². The monoisotopic (exact) mass is 369 g/mol. The number of nitrogens with two attached hydrogens (primary N) is 1. The molecule has 1 amide bonds. The first-order valence-corrected chi connectivity index (χ1v) is 10.0. The van der Waals surface area contributed by atoms with Crippen molar-refractivity contribution in [1.29, 1.82) is 0 Å². The molecular weight excluding hydrogens is 342 g/mol. The molecule has 0 aromatic heterocycles. The molecule has 25 heavy (non-hydrogen) atoms. The highest BCUT2D eigenvalue weighted by atomic mass is 32.2. The number of sulfonamides is 1. The fourth-order valence-electron chi connectivity index (χ4n) is 2.59. The van der Waals surface area contributed by atoms with Crippen molar-refractivity contribution in [2.24, 2.45) is 5.73 Å². The summed E-state index contributed by atoms with van der Waals surface area (Å²) in [5.74, 6) is -0.323. The number of amides is 1. The van der Waals surface area contributed by atoms with Crippen LogP contribution in [0.3, 0.4) is 0 Å². The molecule has 0 spiro atoms. The molecule has 8 heteroatoms. The number of hydrogen-bond acceptors (Lipinski definition) is 5. The second kappa shape index (κ2) is 8.27. The van der Waals surface area contributed by atoms with E-state index in [-0.39, 0.29) is 10.8 Å². The Morgan fingerprint density at radius 1 is 1.28 bits per heavy atom. The van der Waals surface area contributed by atoms with Gasteiger partial charge in [0.2, 0.25) is 10.0 Å². The summed E-state index contributed by atoms with van der Waals surface area (Å²) >= 11 is 0. The molecule has 3 N–H and O–H groups in total. The van der Waals surface area contributed by atoms with E-state index < -0.39 is 15.6 Å². The molecule has 1 fully saturated rings. The predicted octanol–water partition coefficient (Wildman–Crippen LogP) is 0.955. The molecule has 7 nitrogen and oxygen atoms in total. The quantitative estimate of drug-likeness (QED) is 0.745. The maximum atomic E-state index is 12.7. The van der Waals surface area contributed by atoms with Crippen LogP contribution in [0.15, 0.2) is 29.2 Å². The van der Waals surface area contributed by atoms with Gasteiger partial charge >= 0.3 is 0 Å². The van der Waals surface area contributed by atoms with Gasteiger partial charge in [-0.2, -0.15) is 4.31 Å². The van der Waals surface area contributed by atoms with E-state index in [1.807, 2.05) is 13.8 Å². The highest BCUT2D eigenvalue weighted by molar-refractivity contribution is 7.89. The third kappa shape index (κ3) is 4.78. The summed E-state index contributed by atoms with van der Waals surface area (Å²) in [7, 11) is -3.62. The molecule has 1 saturated heterocycles. The third-order valence-corrected chi connectivity index (χ3v) is 6.61. The van der Waals surface area contributed by atoms with Crippen molar-refractivity contribution in [1.82, 2.24) is 9.62 Å². The highest BCUT2D eigenvalue weighted by Crippen LogP contribution is 2.18. The fourth-order valence-corrected chi connectivity index (χ4v) is 4.05. The Labute approximate surface area is 149 Å². The lowest BCUT2D eigenvalue weighted by Gasteiger charge is -2.27. The van der Waals surface area contributed by atoms with Gasteiger partial charge in [-0.1, -0.05) is 19.9 Å². The summed E-state index contributed by atoms with van der Waals surface area (Å²) in [5.41, 5.74) is 6.05. The Kier molecular flexibility index (Phi) is 6.56. The zero-order valence-corrected chi connectivity index (χ0v) is 15.6. The van der Waals surface area contributed by atoms with Crippen LogP contribution in [-0.4, -0.2) is 57.0 Å². The number of benzene rings is 1. The zero-order chi connectivity index (χ0) is 18.5. The summed E-state index contributed by atoms with van der Waals surface area (Å²) in [4.78, 5) is 12.5. The number of ether oxygens (including phenoxy) is 1. The smallest absolute Gasteiger partial charge is 0.251 e. The molecule has 1 aliphatic heterocycles. The van der Waals surface area contributed by atoms with Gasteiger partial charge in [0.1, 0.15) is 0 Å². The number of nitrogens with one attached hydrogen (secondary N) is 1. The molecule has 1 heterocycles. The van der Waals surface area contributed by atoms with Crippen LogP contribution in [0, 0.1) is 0 Å². The van der Waals surface area contributed by atoms with Crippen LogP contribution in [0.5, 0.6) is 0 Å². The molecule has 0 atom stereocenters. The first-order valence-electron chi connectivity index (χ1n) is 8.57. The molecule has 1 aromatic carbocycles. The summed E-state index contributed by atoms with van der Waals surface area (Å²) in [6, 6.07) is 6.10. The topological polar surface area (TPSA) is 102 Å². The van der Waals surface area contributed by atoms with E-state index in [2.05, 4.69) is 5.32 Å². The number of hydrogen-bond donors (Lipinski definition) is 2. The minimum Gasteiger partial charge on any atom is -0.379 e. The van der Waals surface area contributed by atoms with Crippen LogP contribution < -0.4 is 11.1 Å². The normalized spacial score (nSPS) is 16.6. The Morgan fingerprint density at radius 2 is 1.92 bits per heavy atom. The number of nitrogens with zero attached hydrogens (tertiary/aromatic N) is 1. The fraction of sp³-hybridized carbons (Fsp3) is 0.588. The standard InChI is InChI=1S/C17H27N3O4S/c1-3-17(18,4-2)13-19-16(21)14-6-5-7-15(12-14)25(22,23)20-8-10-24-11-9-20/h5-7,12H,3-4,8-11,13,18H2,1-2H3,(H,19,21). The van der Waals surface area contributed by atoms with Gasteiger partial charge in [0.05, 0.1) is 18.1 Å². The average molecular weight is 369 g/mol. The minimum absolute atomic E-state index is 0.118. The van der Waals surface area contributed by atoms with Crippen LogP contribution in [0.4, 0.5) is 0 Å². The van der Waals surface area contributed by atoms with Crippen molar-refractivity contribution in [3.05, 3.63) is 29.8 Å². The van der Waals surface area contributed by atoms with Gasteiger partial charge in [0.15, 0.2) is 0 Å². The molecule has 0 aliphatic carbocycles. The van der Waals surface area contributed by atoms with Gasteiger partial charge in [-0.3, -0.25) is 4.79 Å². The minimum atomic E-state index is -3.62. The first-order chi connectivity index (χ1) is 11.8. The van der Waals surface area contributed by atoms with Crippen LogP contribution in [-0.2, 0) is 14.8 Å². The number of carbonyl (C=O) groups excluding carboxylic acids is 1. The molecule has 140 valence electrons. The highest BCUT2D eigenvalue weighted by Gasteiger charge is 2.27. The van der Waals surface area contributed by atoms with Crippen LogP contribution in [0.2, 0.25) is 0 Å². The molecule has 1 aromatic rings. The molecule has 2 rings (SSSR count). The van der Waals surface area contributed by atoms with Crippen molar-refractivity contribution in [3.8, 4) is 0 Å². The van der Waals surface area contributed by atoms with E-state index in [4.69, 9.17) is 10.5 Å². The van der Waals surface area contributed by atoms with Gasteiger partial charge < -0.3 is 15.8 Å². The van der Waals surface area contributed by atoms with E-state index >= 15 is 0 Å². The zero-order valence-electron chi connectivity index (χ0n) is 14.8. The summed E-state index contributed by atoms with van der Waals surface area (Å²) in [5, 5.41) is 2.81.